The molecule has 2 saturated heterocycles. The highest BCUT2D eigenvalue weighted by molar-refractivity contribution is 5.84. The number of ether oxygens (including phenoxy) is 1. The van der Waals surface area contributed by atoms with Crippen LogP contribution in [-0.4, -0.2) is 36.2 Å². The minimum atomic E-state index is -0.674. The van der Waals surface area contributed by atoms with Crippen LogP contribution in [0.2, 0.25) is 0 Å². The van der Waals surface area contributed by atoms with Crippen molar-refractivity contribution in [2.24, 2.45) is 0 Å². The van der Waals surface area contributed by atoms with Crippen LogP contribution in [0.25, 0.3) is 10.8 Å². The third kappa shape index (κ3) is 2.11. The fraction of sp³-hybridized carbons (Fsp3) is 0.474. The molecule has 0 amide bonds. The molecule has 2 fully saturated rings. The molecule has 4 rings (SSSR count). The van der Waals surface area contributed by atoms with Gasteiger partial charge in [-0.2, -0.15) is 0 Å². The van der Waals surface area contributed by atoms with Crippen LogP contribution in [0.15, 0.2) is 36.4 Å². The minimum absolute atomic E-state index is 0.523. The lowest BCUT2D eigenvalue weighted by Gasteiger charge is -2.42. The van der Waals surface area contributed by atoms with Crippen LogP contribution in [0.3, 0.4) is 0 Å². The standard InChI is InChI=1S/C19H23NO2/c1-20-16-6-7-17(20)12-19(21,11-16)15-5-3-14-10-18(22-2)8-4-13(14)9-15/h3-5,8-10,16-17,21H,6-7,11-12H2,1-2H3/t16-,17+,19-. The minimum Gasteiger partial charge on any atom is -0.497 e. The molecule has 2 heterocycles. The van der Waals surface area contributed by atoms with E-state index in [9.17, 15) is 5.11 Å². The molecule has 0 unspecified atom stereocenters. The van der Waals surface area contributed by atoms with Crippen LogP contribution in [-0.2, 0) is 5.60 Å². The van der Waals surface area contributed by atoms with Gasteiger partial charge < -0.3 is 14.7 Å². The molecule has 2 aliphatic rings. The Bertz CT molecular complexity index is 698. The maximum Gasteiger partial charge on any atom is 0.119 e. The lowest BCUT2D eigenvalue weighted by Crippen LogP contribution is -2.47. The van der Waals surface area contributed by atoms with Gasteiger partial charge in [-0.05, 0) is 67.3 Å². The van der Waals surface area contributed by atoms with Crippen LogP contribution in [0, 0.1) is 0 Å². The summed E-state index contributed by atoms with van der Waals surface area (Å²) in [6, 6.07) is 13.5. The largest absolute Gasteiger partial charge is 0.497 e. The van der Waals surface area contributed by atoms with Crippen molar-refractivity contribution < 1.29 is 9.84 Å². The van der Waals surface area contributed by atoms with Crippen molar-refractivity contribution in [2.75, 3.05) is 14.2 Å². The van der Waals surface area contributed by atoms with Crippen LogP contribution in [0.1, 0.15) is 31.2 Å². The number of hydrogen-bond donors (Lipinski definition) is 1. The number of rotatable bonds is 2. The maximum absolute atomic E-state index is 11.3. The maximum atomic E-state index is 11.3. The molecular formula is C19H23NO2. The number of nitrogens with zero attached hydrogens (tertiary/aromatic N) is 1. The summed E-state index contributed by atoms with van der Waals surface area (Å²) in [6.45, 7) is 0. The van der Waals surface area contributed by atoms with Crippen molar-refractivity contribution in [3.63, 3.8) is 0 Å². The molecule has 2 aromatic carbocycles. The predicted octanol–water partition coefficient (Wildman–Crippen LogP) is 3.29. The van der Waals surface area contributed by atoms with Crippen molar-refractivity contribution >= 4 is 10.8 Å². The van der Waals surface area contributed by atoms with Crippen molar-refractivity contribution in [3.8, 4) is 5.75 Å². The predicted molar refractivity (Wildman–Crippen MR) is 88.2 cm³/mol. The van der Waals surface area contributed by atoms with E-state index in [0.717, 1.165) is 34.9 Å². The Labute approximate surface area is 131 Å². The molecule has 2 bridgehead atoms. The zero-order valence-electron chi connectivity index (χ0n) is 13.2. The lowest BCUT2D eigenvalue weighted by molar-refractivity contribution is -0.0492. The smallest absolute Gasteiger partial charge is 0.119 e. The Kier molecular flexibility index (Phi) is 3.17. The molecule has 0 saturated carbocycles. The summed E-state index contributed by atoms with van der Waals surface area (Å²) in [7, 11) is 3.89. The van der Waals surface area contributed by atoms with Gasteiger partial charge in [0.15, 0.2) is 0 Å². The number of piperidine rings is 1. The molecule has 2 aromatic rings. The van der Waals surface area contributed by atoms with Gasteiger partial charge in [-0.25, -0.2) is 0 Å². The third-order valence-corrected chi connectivity index (χ3v) is 5.72. The fourth-order valence-corrected chi connectivity index (χ4v) is 4.32. The molecule has 3 heteroatoms. The average molecular weight is 297 g/mol. The van der Waals surface area contributed by atoms with Gasteiger partial charge in [0.2, 0.25) is 0 Å². The SMILES string of the molecule is COc1ccc2cc([C@@]3(O)C[C@H]4CC[C@@H](C3)N4C)ccc2c1. The van der Waals surface area contributed by atoms with E-state index in [1.807, 2.05) is 12.1 Å². The number of benzene rings is 2. The van der Waals surface area contributed by atoms with E-state index in [1.54, 1.807) is 7.11 Å². The molecule has 22 heavy (non-hydrogen) atoms. The molecule has 0 spiro atoms. The van der Waals surface area contributed by atoms with Crippen LogP contribution < -0.4 is 4.74 Å². The van der Waals surface area contributed by atoms with Crippen molar-refractivity contribution in [3.05, 3.63) is 42.0 Å². The monoisotopic (exact) mass is 297 g/mol. The molecular weight excluding hydrogens is 274 g/mol. The van der Waals surface area contributed by atoms with E-state index in [2.05, 4.69) is 36.2 Å². The quantitative estimate of drug-likeness (QED) is 0.923. The second kappa shape index (κ2) is 4.97. The van der Waals surface area contributed by atoms with E-state index < -0.39 is 5.60 Å². The molecule has 3 nitrogen and oxygen atoms in total. The first-order chi connectivity index (χ1) is 10.6. The Morgan fingerprint density at radius 2 is 1.68 bits per heavy atom. The highest BCUT2D eigenvalue weighted by Gasteiger charge is 2.46. The van der Waals surface area contributed by atoms with Gasteiger partial charge in [0, 0.05) is 12.1 Å². The zero-order chi connectivity index (χ0) is 15.3. The van der Waals surface area contributed by atoms with E-state index in [4.69, 9.17) is 4.74 Å². The normalized spacial score (nSPS) is 31.6. The molecule has 1 N–H and O–H groups in total. The van der Waals surface area contributed by atoms with Gasteiger partial charge in [0.25, 0.3) is 0 Å². The summed E-state index contributed by atoms with van der Waals surface area (Å²) in [5, 5.41) is 13.6. The molecule has 3 atom stereocenters. The first-order valence-corrected chi connectivity index (χ1v) is 8.12. The Morgan fingerprint density at radius 1 is 1.05 bits per heavy atom. The van der Waals surface area contributed by atoms with Gasteiger partial charge in [-0.3, -0.25) is 0 Å². The van der Waals surface area contributed by atoms with E-state index in [0.29, 0.717) is 12.1 Å². The van der Waals surface area contributed by atoms with Gasteiger partial charge in [0.05, 0.1) is 12.7 Å². The molecule has 0 aromatic heterocycles. The highest BCUT2D eigenvalue weighted by Crippen LogP contribution is 2.45. The topological polar surface area (TPSA) is 32.7 Å². The molecule has 2 aliphatic heterocycles. The summed E-state index contributed by atoms with van der Waals surface area (Å²) in [4.78, 5) is 2.46. The van der Waals surface area contributed by atoms with E-state index >= 15 is 0 Å². The zero-order valence-corrected chi connectivity index (χ0v) is 13.2. The van der Waals surface area contributed by atoms with Crippen LogP contribution >= 0.6 is 0 Å². The average Bonchev–Trinajstić information content (AvgIpc) is 2.75. The summed E-state index contributed by atoms with van der Waals surface area (Å²) in [6.07, 6.45) is 4.13. The number of methoxy groups -OCH3 is 1. The Hall–Kier alpha value is -1.58. The molecule has 0 radical (unpaired) electrons. The summed E-state index contributed by atoms with van der Waals surface area (Å²) >= 11 is 0. The first-order valence-electron chi connectivity index (χ1n) is 8.12. The van der Waals surface area contributed by atoms with Gasteiger partial charge in [-0.15, -0.1) is 0 Å². The number of hydrogen-bond acceptors (Lipinski definition) is 3. The van der Waals surface area contributed by atoms with Crippen molar-refractivity contribution in [2.45, 2.75) is 43.4 Å². The first kappa shape index (κ1) is 14.0. The van der Waals surface area contributed by atoms with Crippen molar-refractivity contribution in [1.82, 2.24) is 4.90 Å². The number of fused-ring (bicyclic) bond motifs is 3. The summed E-state index contributed by atoms with van der Waals surface area (Å²) < 4.78 is 5.28. The van der Waals surface area contributed by atoms with Gasteiger partial charge in [-0.1, -0.05) is 18.2 Å². The second-order valence-electron chi connectivity index (χ2n) is 6.92. The van der Waals surface area contributed by atoms with E-state index in [1.165, 1.54) is 12.8 Å². The summed E-state index contributed by atoms with van der Waals surface area (Å²) in [5.41, 5.74) is 0.391. The fourth-order valence-electron chi connectivity index (χ4n) is 4.32. The summed E-state index contributed by atoms with van der Waals surface area (Å²) in [5.74, 6) is 0.872. The van der Waals surface area contributed by atoms with E-state index in [-0.39, 0.29) is 0 Å². The van der Waals surface area contributed by atoms with Crippen molar-refractivity contribution in [1.29, 1.82) is 0 Å². The molecule has 116 valence electrons. The Morgan fingerprint density at radius 3 is 2.36 bits per heavy atom. The third-order valence-electron chi connectivity index (χ3n) is 5.72. The highest BCUT2D eigenvalue weighted by atomic mass is 16.5. The van der Waals surface area contributed by atoms with Gasteiger partial charge >= 0.3 is 0 Å². The number of aliphatic hydroxyl groups is 1. The Balaban J connectivity index is 1.71. The van der Waals surface area contributed by atoms with Crippen LogP contribution in [0.4, 0.5) is 0 Å². The van der Waals surface area contributed by atoms with Crippen LogP contribution in [0.5, 0.6) is 5.75 Å². The van der Waals surface area contributed by atoms with Gasteiger partial charge in [0.1, 0.15) is 5.75 Å². The second-order valence-corrected chi connectivity index (χ2v) is 6.92. The lowest BCUT2D eigenvalue weighted by atomic mass is 9.80. The molecule has 0 aliphatic carbocycles.